The minimum Gasteiger partial charge on any atom is -0.462 e. The van der Waals surface area contributed by atoms with Crippen molar-refractivity contribution in [2.75, 3.05) is 6.61 Å². The van der Waals surface area contributed by atoms with Crippen LogP contribution in [-0.4, -0.2) is 17.6 Å². The molecule has 1 aromatic heterocycles. The molecule has 5 heteroatoms. The minimum absolute atomic E-state index is 0.127. The van der Waals surface area contributed by atoms with E-state index in [2.05, 4.69) is 4.98 Å². The summed E-state index contributed by atoms with van der Waals surface area (Å²) in [5, 5.41) is 0. The van der Waals surface area contributed by atoms with Crippen molar-refractivity contribution in [3.05, 3.63) is 53.7 Å². The van der Waals surface area contributed by atoms with Gasteiger partial charge in [-0.2, -0.15) is 0 Å². The Hall–Kier alpha value is -2.30. The molecule has 0 amide bonds. The Morgan fingerprint density at radius 2 is 1.90 bits per heavy atom. The van der Waals surface area contributed by atoms with Crippen LogP contribution in [0.4, 0.5) is 8.78 Å². The molecule has 0 fully saturated rings. The Morgan fingerprint density at radius 1 is 1.20 bits per heavy atom. The number of hydrogen-bond donors (Lipinski definition) is 0. The van der Waals surface area contributed by atoms with E-state index < -0.39 is 18.1 Å². The van der Waals surface area contributed by atoms with E-state index in [0.717, 1.165) is 0 Å². The summed E-state index contributed by atoms with van der Waals surface area (Å²) in [5.74, 6) is -0.782. The van der Waals surface area contributed by atoms with Gasteiger partial charge in [-0.3, -0.25) is 0 Å². The molecule has 104 valence electrons. The van der Waals surface area contributed by atoms with Gasteiger partial charge in [-0.05, 0) is 19.1 Å². The summed E-state index contributed by atoms with van der Waals surface area (Å²) >= 11 is 0. The van der Waals surface area contributed by atoms with E-state index in [0.29, 0.717) is 11.3 Å². The zero-order valence-corrected chi connectivity index (χ0v) is 10.8. The van der Waals surface area contributed by atoms with Crippen LogP contribution in [0, 0.1) is 0 Å². The van der Waals surface area contributed by atoms with Gasteiger partial charge in [0.15, 0.2) is 0 Å². The molecule has 3 nitrogen and oxygen atoms in total. The summed E-state index contributed by atoms with van der Waals surface area (Å²) in [5.41, 5.74) is 0.366. The second-order valence-corrected chi connectivity index (χ2v) is 4.02. The number of nitrogens with zero attached hydrogens (tertiary/aromatic N) is 1. The zero-order chi connectivity index (χ0) is 14.5. The molecule has 0 aliphatic rings. The van der Waals surface area contributed by atoms with Gasteiger partial charge in [0.2, 0.25) is 0 Å². The van der Waals surface area contributed by atoms with Crippen molar-refractivity contribution in [3.63, 3.8) is 0 Å². The number of alkyl halides is 2. The van der Waals surface area contributed by atoms with Crippen molar-refractivity contribution in [1.29, 1.82) is 0 Å². The van der Waals surface area contributed by atoms with Crippen LogP contribution in [0.1, 0.15) is 29.4 Å². The normalized spacial score (nSPS) is 10.6. The molecule has 0 bridgehead atoms. The number of carbonyl (C=O) groups excluding carboxylic acids is 1. The maximum absolute atomic E-state index is 13.1. The largest absolute Gasteiger partial charge is 0.462 e. The van der Waals surface area contributed by atoms with Crippen molar-refractivity contribution in [3.8, 4) is 11.3 Å². The van der Waals surface area contributed by atoms with Crippen molar-refractivity contribution in [2.24, 2.45) is 0 Å². The first-order valence-electron chi connectivity index (χ1n) is 6.15. The number of esters is 1. The number of aromatic nitrogens is 1. The summed E-state index contributed by atoms with van der Waals surface area (Å²) < 4.78 is 30.9. The second kappa shape index (κ2) is 6.23. The van der Waals surface area contributed by atoms with Gasteiger partial charge in [-0.15, -0.1) is 0 Å². The van der Waals surface area contributed by atoms with Gasteiger partial charge in [0.25, 0.3) is 6.43 Å². The lowest BCUT2D eigenvalue weighted by molar-refractivity contribution is 0.0513. The molecule has 0 unspecified atom stereocenters. The maximum atomic E-state index is 13.1. The standard InChI is InChI=1S/C15H13F2NO2/c1-2-20-15(19)11-8-9-12(18-13(11)14(16)17)10-6-4-3-5-7-10/h3-9,14H,2H2,1H3. The smallest absolute Gasteiger partial charge is 0.340 e. The third-order valence-corrected chi connectivity index (χ3v) is 2.70. The molecule has 1 aromatic carbocycles. The van der Waals surface area contributed by atoms with E-state index in [1.54, 1.807) is 31.2 Å². The molecule has 2 rings (SSSR count). The van der Waals surface area contributed by atoms with Gasteiger partial charge in [-0.25, -0.2) is 18.6 Å². The Balaban J connectivity index is 2.45. The molecular formula is C15H13F2NO2. The van der Waals surface area contributed by atoms with Crippen LogP contribution in [0.15, 0.2) is 42.5 Å². The average Bonchev–Trinajstić information content (AvgIpc) is 2.47. The van der Waals surface area contributed by atoms with E-state index in [9.17, 15) is 13.6 Å². The van der Waals surface area contributed by atoms with Gasteiger partial charge in [0, 0.05) is 5.56 Å². The highest BCUT2D eigenvalue weighted by molar-refractivity contribution is 5.91. The molecule has 1 heterocycles. The first-order valence-corrected chi connectivity index (χ1v) is 6.15. The molecule has 0 radical (unpaired) electrons. The molecular weight excluding hydrogens is 264 g/mol. The van der Waals surface area contributed by atoms with Crippen molar-refractivity contribution < 1.29 is 18.3 Å². The number of pyridine rings is 1. The number of ether oxygens (including phenoxy) is 1. The average molecular weight is 277 g/mol. The molecule has 0 aliphatic carbocycles. The van der Waals surface area contributed by atoms with E-state index in [-0.39, 0.29) is 12.2 Å². The van der Waals surface area contributed by atoms with Crippen molar-refractivity contribution >= 4 is 5.97 Å². The molecule has 0 spiro atoms. The van der Waals surface area contributed by atoms with Crippen LogP contribution in [0.5, 0.6) is 0 Å². The Bertz CT molecular complexity index is 600. The Labute approximate surface area is 115 Å². The van der Waals surface area contributed by atoms with Gasteiger partial charge in [0.05, 0.1) is 17.9 Å². The highest BCUT2D eigenvalue weighted by Crippen LogP contribution is 2.26. The second-order valence-electron chi connectivity index (χ2n) is 4.02. The van der Waals surface area contributed by atoms with Crippen LogP contribution in [0.3, 0.4) is 0 Å². The van der Waals surface area contributed by atoms with Crippen molar-refractivity contribution in [1.82, 2.24) is 4.98 Å². The fraction of sp³-hybridized carbons (Fsp3) is 0.200. The fourth-order valence-corrected chi connectivity index (χ4v) is 1.79. The Morgan fingerprint density at radius 3 is 2.50 bits per heavy atom. The summed E-state index contributed by atoms with van der Waals surface area (Å²) in [6.07, 6.45) is -2.84. The Kier molecular flexibility index (Phi) is 4.40. The maximum Gasteiger partial charge on any atom is 0.340 e. The highest BCUT2D eigenvalue weighted by Gasteiger charge is 2.21. The zero-order valence-electron chi connectivity index (χ0n) is 10.8. The predicted octanol–water partition coefficient (Wildman–Crippen LogP) is 3.86. The fourth-order valence-electron chi connectivity index (χ4n) is 1.79. The SMILES string of the molecule is CCOC(=O)c1ccc(-c2ccccc2)nc1C(F)F. The van der Waals surface area contributed by atoms with Crippen LogP contribution < -0.4 is 0 Å². The molecule has 2 aromatic rings. The van der Waals surface area contributed by atoms with Gasteiger partial charge in [-0.1, -0.05) is 30.3 Å². The third-order valence-electron chi connectivity index (χ3n) is 2.70. The first-order chi connectivity index (χ1) is 9.63. The molecule has 0 saturated carbocycles. The number of benzene rings is 1. The van der Waals surface area contributed by atoms with Gasteiger partial charge < -0.3 is 4.74 Å². The van der Waals surface area contributed by atoms with E-state index in [4.69, 9.17) is 4.74 Å². The molecule has 0 saturated heterocycles. The summed E-state index contributed by atoms with van der Waals surface area (Å²) in [7, 11) is 0. The monoisotopic (exact) mass is 277 g/mol. The van der Waals surface area contributed by atoms with E-state index in [1.807, 2.05) is 6.07 Å². The number of halogens is 2. The molecule has 0 atom stereocenters. The van der Waals surface area contributed by atoms with Crippen LogP contribution in [0.2, 0.25) is 0 Å². The lowest BCUT2D eigenvalue weighted by Gasteiger charge is -2.09. The molecule has 20 heavy (non-hydrogen) atoms. The summed E-state index contributed by atoms with van der Waals surface area (Å²) in [6.45, 7) is 1.74. The summed E-state index contributed by atoms with van der Waals surface area (Å²) in [6, 6.07) is 11.8. The first kappa shape index (κ1) is 14.1. The summed E-state index contributed by atoms with van der Waals surface area (Å²) in [4.78, 5) is 15.5. The number of carbonyl (C=O) groups is 1. The van der Waals surface area contributed by atoms with Crippen molar-refractivity contribution in [2.45, 2.75) is 13.3 Å². The molecule has 0 aliphatic heterocycles. The number of rotatable bonds is 4. The highest BCUT2D eigenvalue weighted by atomic mass is 19.3. The van der Waals surface area contributed by atoms with Crippen LogP contribution >= 0.6 is 0 Å². The minimum atomic E-state index is -2.84. The van der Waals surface area contributed by atoms with Crippen LogP contribution in [0.25, 0.3) is 11.3 Å². The van der Waals surface area contributed by atoms with Gasteiger partial charge in [0.1, 0.15) is 5.69 Å². The third kappa shape index (κ3) is 2.99. The lowest BCUT2D eigenvalue weighted by atomic mass is 10.1. The predicted molar refractivity (Wildman–Crippen MR) is 70.6 cm³/mol. The number of hydrogen-bond acceptors (Lipinski definition) is 3. The van der Waals surface area contributed by atoms with E-state index >= 15 is 0 Å². The molecule has 0 N–H and O–H groups in total. The lowest BCUT2D eigenvalue weighted by Crippen LogP contribution is -2.10. The van der Waals surface area contributed by atoms with Gasteiger partial charge >= 0.3 is 5.97 Å². The quantitative estimate of drug-likeness (QED) is 0.796. The topological polar surface area (TPSA) is 39.2 Å². The van der Waals surface area contributed by atoms with E-state index in [1.165, 1.54) is 12.1 Å². The van der Waals surface area contributed by atoms with Crippen LogP contribution in [-0.2, 0) is 4.74 Å².